The monoisotopic (exact) mass is 351 g/mol. The number of oxazole rings is 1. The van der Waals surface area contributed by atoms with Gasteiger partial charge in [-0.15, -0.1) is 0 Å². The summed E-state index contributed by atoms with van der Waals surface area (Å²) in [5.41, 5.74) is 2.36. The number of rotatable bonds is 5. The number of ether oxygens (including phenoxy) is 1. The molecule has 0 spiro atoms. The summed E-state index contributed by atoms with van der Waals surface area (Å²) in [6, 6.07) is 12.3. The predicted molar refractivity (Wildman–Crippen MR) is 99.0 cm³/mol. The van der Waals surface area contributed by atoms with Crippen molar-refractivity contribution in [3.8, 4) is 5.75 Å². The van der Waals surface area contributed by atoms with Crippen LogP contribution in [0.4, 0.5) is 11.4 Å². The number of benzene rings is 2. The fraction of sp³-hybridized carbons (Fsp3) is 0.105. The van der Waals surface area contributed by atoms with Gasteiger partial charge in [0.05, 0.1) is 12.8 Å². The van der Waals surface area contributed by atoms with Gasteiger partial charge in [0.15, 0.2) is 5.58 Å². The van der Waals surface area contributed by atoms with Gasteiger partial charge in [-0.1, -0.05) is 12.1 Å². The fourth-order valence-corrected chi connectivity index (χ4v) is 2.37. The van der Waals surface area contributed by atoms with Gasteiger partial charge in [-0.2, -0.15) is 0 Å². The zero-order valence-electron chi connectivity index (χ0n) is 14.3. The molecule has 0 bridgehead atoms. The van der Waals surface area contributed by atoms with Crippen molar-refractivity contribution in [3.63, 3.8) is 0 Å². The third-order valence-corrected chi connectivity index (χ3v) is 3.47. The van der Waals surface area contributed by atoms with Gasteiger partial charge in [-0.25, -0.2) is 4.98 Å². The number of methoxy groups -OCH3 is 1. The number of nitrogens with one attached hydrogen (secondary N) is 2. The van der Waals surface area contributed by atoms with E-state index in [-0.39, 0.29) is 11.8 Å². The minimum absolute atomic E-state index is 0.205. The highest BCUT2D eigenvalue weighted by Gasteiger charge is 2.08. The van der Waals surface area contributed by atoms with Gasteiger partial charge in [0.2, 0.25) is 17.7 Å². The lowest BCUT2D eigenvalue weighted by Gasteiger charge is -2.11. The molecule has 1 aromatic heterocycles. The topological polar surface area (TPSA) is 93.5 Å². The van der Waals surface area contributed by atoms with E-state index in [4.69, 9.17) is 9.15 Å². The van der Waals surface area contributed by atoms with Crippen LogP contribution in [-0.2, 0) is 9.59 Å². The molecule has 0 radical (unpaired) electrons. The number of fused-ring (bicyclic) bond motifs is 1. The standard InChI is InChI=1S/C19H17N3O4/c1-12(23)20-13-7-8-16(25-2)15(11-13)21-18(24)9-10-19-22-14-5-3-4-6-17(14)26-19/h3-11H,1-2H3,(H,20,23)(H,21,24). The third-order valence-electron chi connectivity index (χ3n) is 3.47. The highest BCUT2D eigenvalue weighted by molar-refractivity contribution is 6.03. The Labute approximate surface area is 149 Å². The Bertz CT molecular complexity index is 958. The molecule has 0 saturated carbocycles. The average molecular weight is 351 g/mol. The summed E-state index contributed by atoms with van der Waals surface area (Å²) in [5, 5.41) is 5.36. The lowest BCUT2D eigenvalue weighted by molar-refractivity contribution is -0.114. The van der Waals surface area contributed by atoms with Crippen LogP contribution < -0.4 is 15.4 Å². The number of nitrogens with zero attached hydrogens (tertiary/aromatic N) is 1. The van der Waals surface area contributed by atoms with E-state index in [2.05, 4.69) is 15.6 Å². The molecule has 132 valence electrons. The van der Waals surface area contributed by atoms with Crippen LogP contribution >= 0.6 is 0 Å². The molecule has 0 fully saturated rings. The van der Waals surface area contributed by atoms with Crippen molar-refractivity contribution < 1.29 is 18.7 Å². The van der Waals surface area contributed by atoms with Gasteiger partial charge in [0.1, 0.15) is 11.3 Å². The second-order valence-corrected chi connectivity index (χ2v) is 5.44. The van der Waals surface area contributed by atoms with Gasteiger partial charge in [-0.3, -0.25) is 9.59 Å². The van der Waals surface area contributed by atoms with Crippen molar-refractivity contribution >= 4 is 40.4 Å². The van der Waals surface area contributed by atoms with E-state index in [1.54, 1.807) is 24.3 Å². The largest absolute Gasteiger partial charge is 0.495 e. The van der Waals surface area contributed by atoms with Crippen LogP contribution in [0.25, 0.3) is 17.2 Å². The molecule has 7 nitrogen and oxygen atoms in total. The molecule has 0 saturated heterocycles. The Kier molecular flexibility index (Phi) is 4.98. The molecule has 0 aliphatic carbocycles. The van der Waals surface area contributed by atoms with Crippen LogP contribution in [0.5, 0.6) is 5.75 Å². The maximum Gasteiger partial charge on any atom is 0.248 e. The van der Waals surface area contributed by atoms with E-state index in [1.165, 1.54) is 26.2 Å². The molecule has 0 atom stereocenters. The maximum atomic E-state index is 12.2. The third kappa shape index (κ3) is 4.07. The van der Waals surface area contributed by atoms with Crippen molar-refractivity contribution in [3.05, 3.63) is 54.4 Å². The van der Waals surface area contributed by atoms with Crippen LogP contribution in [0, 0.1) is 0 Å². The van der Waals surface area contributed by atoms with E-state index < -0.39 is 0 Å². The van der Waals surface area contributed by atoms with Crippen LogP contribution in [-0.4, -0.2) is 23.9 Å². The Hall–Kier alpha value is -3.61. The molecule has 0 aliphatic heterocycles. The van der Waals surface area contributed by atoms with Crippen LogP contribution in [0.1, 0.15) is 12.8 Å². The average Bonchev–Trinajstić information content (AvgIpc) is 3.03. The zero-order valence-corrected chi connectivity index (χ0v) is 14.3. The first-order chi connectivity index (χ1) is 12.5. The van der Waals surface area contributed by atoms with Gasteiger partial charge in [-0.05, 0) is 30.3 Å². The molecule has 2 amide bonds. The molecule has 3 rings (SSSR count). The minimum atomic E-state index is -0.384. The number of carbonyl (C=O) groups excluding carboxylic acids is 2. The number of carbonyl (C=O) groups is 2. The maximum absolute atomic E-state index is 12.2. The first kappa shape index (κ1) is 17.2. The van der Waals surface area contributed by atoms with E-state index in [9.17, 15) is 9.59 Å². The highest BCUT2D eigenvalue weighted by atomic mass is 16.5. The summed E-state index contributed by atoms with van der Waals surface area (Å²) in [6.07, 6.45) is 2.80. The second-order valence-electron chi connectivity index (χ2n) is 5.44. The molecule has 0 unspecified atom stereocenters. The molecular weight excluding hydrogens is 334 g/mol. The van der Waals surface area contributed by atoms with Crippen LogP contribution in [0.3, 0.4) is 0 Å². The molecule has 1 heterocycles. The normalized spacial score (nSPS) is 10.8. The smallest absolute Gasteiger partial charge is 0.248 e. The summed E-state index contributed by atoms with van der Waals surface area (Å²) in [6.45, 7) is 1.41. The van der Waals surface area contributed by atoms with Crippen molar-refractivity contribution in [2.24, 2.45) is 0 Å². The highest BCUT2D eigenvalue weighted by Crippen LogP contribution is 2.28. The number of hydrogen-bond acceptors (Lipinski definition) is 5. The van der Waals surface area contributed by atoms with Crippen LogP contribution in [0.15, 0.2) is 53.0 Å². The molecule has 7 heteroatoms. The predicted octanol–water partition coefficient (Wildman–Crippen LogP) is 3.45. The van der Waals surface area contributed by atoms with Gasteiger partial charge < -0.3 is 19.8 Å². The van der Waals surface area contributed by atoms with Crippen LogP contribution in [0.2, 0.25) is 0 Å². The molecular formula is C19H17N3O4. The fourth-order valence-electron chi connectivity index (χ4n) is 2.37. The Morgan fingerprint density at radius 2 is 1.96 bits per heavy atom. The second kappa shape index (κ2) is 7.52. The Morgan fingerprint density at radius 1 is 1.15 bits per heavy atom. The van der Waals surface area contributed by atoms with E-state index in [0.29, 0.717) is 28.6 Å². The summed E-state index contributed by atoms with van der Waals surface area (Å²) < 4.78 is 10.8. The number of aromatic nitrogens is 1. The summed E-state index contributed by atoms with van der Waals surface area (Å²) in [7, 11) is 1.50. The van der Waals surface area contributed by atoms with E-state index >= 15 is 0 Å². The minimum Gasteiger partial charge on any atom is -0.495 e. The van der Waals surface area contributed by atoms with Crippen molar-refractivity contribution in [1.29, 1.82) is 0 Å². The summed E-state index contributed by atoms with van der Waals surface area (Å²) >= 11 is 0. The first-order valence-corrected chi connectivity index (χ1v) is 7.85. The summed E-state index contributed by atoms with van der Waals surface area (Å²) in [5.74, 6) is 0.219. The lowest BCUT2D eigenvalue weighted by atomic mass is 10.2. The zero-order chi connectivity index (χ0) is 18.5. The SMILES string of the molecule is COc1ccc(NC(C)=O)cc1NC(=O)C=Cc1nc2ccccc2o1. The van der Waals surface area contributed by atoms with E-state index in [1.807, 2.05) is 18.2 Å². The molecule has 26 heavy (non-hydrogen) atoms. The molecule has 2 N–H and O–H groups in total. The number of hydrogen-bond donors (Lipinski definition) is 2. The lowest BCUT2D eigenvalue weighted by Crippen LogP contribution is -2.10. The van der Waals surface area contributed by atoms with Gasteiger partial charge >= 0.3 is 0 Å². The molecule has 3 aromatic rings. The molecule has 0 aliphatic rings. The van der Waals surface area contributed by atoms with E-state index in [0.717, 1.165) is 5.52 Å². The van der Waals surface area contributed by atoms with Gasteiger partial charge in [0.25, 0.3) is 0 Å². The van der Waals surface area contributed by atoms with Crippen molar-refractivity contribution in [2.75, 3.05) is 17.7 Å². The van der Waals surface area contributed by atoms with Crippen molar-refractivity contribution in [2.45, 2.75) is 6.92 Å². The number of para-hydroxylation sites is 2. The van der Waals surface area contributed by atoms with Crippen molar-refractivity contribution in [1.82, 2.24) is 4.98 Å². The Morgan fingerprint density at radius 3 is 2.69 bits per heavy atom. The summed E-state index contributed by atoms with van der Waals surface area (Å²) in [4.78, 5) is 27.6. The first-order valence-electron chi connectivity index (χ1n) is 7.85. The molecule has 2 aromatic carbocycles. The van der Waals surface area contributed by atoms with Gasteiger partial charge in [0, 0.05) is 24.8 Å². The Balaban J connectivity index is 1.75. The number of anilines is 2. The number of amides is 2. The quantitative estimate of drug-likeness (QED) is 0.687.